The van der Waals surface area contributed by atoms with E-state index in [0.717, 1.165) is 32.4 Å². The maximum Gasteiger partial charge on any atom is 0.317 e. The number of urea groups is 1. The zero-order chi connectivity index (χ0) is 12.8. The molecule has 17 heavy (non-hydrogen) atoms. The summed E-state index contributed by atoms with van der Waals surface area (Å²) in [5.74, 6) is 0.626. The molecule has 2 rings (SSSR count). The molecule has 2 aliphatic rings. The van der Waals surface area contributed by atoms with Crippen LogP contribution in [0.25, 0.3) is 0 Å². The predicted molar refractivity (Wildman–Crippen MR) is 72.0 cm³/mol. The van der Waals surface area contributed by atoms with E-state index in [4.69, 9.17) is 0 Å². The zero-order valence-corrected chi connectivity index (χ0v) is 11.6. The highest BCUT2D eigenvalue weighted by molar-refractivity contribution is 5.75. The molecule has 2 unspecified atom stereocenters. The van der Waals surface area contributed by atoms with Gasteiger partial charge in [0.25, 0.3) is 0 Å². The minimum atomic E-state index is 0.125. The third-order valence-electron chi connectivity index (χ3n) is 3.65. The Bertz CT molecular complexity index is 286. The zero-order valence-electron chi connectivity index (χ0n) is 11.6. The molecule has 0 aromatic rings. The number of fused-ring (bicyclic) bond motifs is 1. The van der Waals surface area contributed by atoms with E-state index in [1.807, 2.05) is 25.7 Å². The van der Waals surface area contributed by atoms with Gasteiger partial charge in [0.2, 0.25) is 0 Å². The van der Waals surface area contributed by atoms with Crippen LogP contribution in [-0.4, -0.2) is 30.1 Å². The molecule has 2 amide bonds. The largest absolute Gasteiger partial charge is 0.338 e. The first kappa shape index (κ1) is 14.1. The molecule has 3 nitrogen and oxygen atoms in total. The number of nitrogens with zero attached hydrogens (tertiary/aromatic N) is 1. The van der Waals surface area contributed by atoms with Gasteiger partial charge in [-0.3, -0.25) is 0 Å². The molecule has 1 aliphatic heterocycles. The van der Waals surface area contributed by atoms with E-state index in [-0.39, 0.29) is 6.03 Å². The normalized spacial score (nSPS) is 26.6. The van der Waals surface area contributed by atoms with Gasteiger partial charge in [0.15, 0.2) is 0 Å². The standard InChI is InChI=1S/C12H20N2O.C2H6/c1-3-13-12(15)14-8-7-10-9(2)5-4-6-11(10)14;1-2/h5,10-11H,3-4,6-8H2,1-2H3,(H,13,15);1-2H3. The molecule has 1 aliphatic carbocycles. The molecule has 1 saturated heterocycles. The Morgan fingerprint density at radius 2 is 2.18 bits per heavy atom. The molecule has 2 atom stereocenters. The molecule has 3 heteroatoms. The maximum absolute atomic E-state index is 11.8. The topological polar surface area (TPSA) is 32.3 Å². The monoisotopic (exact) mass is 238 g/mol. The van der Waals surface area contributed by atoms with E-state index < -0.39 is 0 Å². The van der Waals surface area contributed by atoms with Gasteiger partial charge >= 0.3 is 6.03 Å². The van der Waals surface area contributed by atoms with Gasteiger partial charge in [-0.1, -0.05) is 25.5 Å². The summed E-state index contributed by atoms with van der Waals surface area (Å²) in [5, 5.41) is 2.90. The first-order valence-corrected chi connectivity index (χ1v) is 6.95. The number of allylic oxidation sites excluding steroid dienone is 1. The van der Waals surface area contributed by atoms with E-state index in [0.29, 0.717) is 12.0 Å². The van der Waals surface area contributed by atoms with Crippen LogP contribution in [0.15, 0.2) is 11.6 Å². The summed E-state index contributed by atoms with van der Waals surface area (Å²) < 4.78 is 0. The van der Waals surface area contributed by atoms with Gasteiger partial charge < -0.3 is 10.2 Å². The van der Waals surface area contributed by atoms with E-state index in [2.05, 4.69) is 18.3 Å². The number of nitrogens with one attached hydrogen (secondary N) is 1. The number of rotatable bonds is 1. The Morgan fingerprint density at radius 1 is 1.47 bits per heavy atom. The molecule has 0 aromatic carbocycles. The first-order valence-electron chi connectivity index (χ1n) is 6.95. The quantitative estimate of drug-likeness (QED) is 0.699. The number of hydrogen-bond donors (Lipinski definition) is 1. The minimum absolute atomic E-state index is 0.125. The van der Waals surface area contributed by atoms with Gasteiger partial charge in [-0.15, -0.1) is 0 Å². The predicted octanol–water partition coefficient (Wildman–Crippen LogP) is 3.17. The van der Waals surface area contributed by atoms with Gasteiger partial charge in [0.05, 0.1) is 0 Å². The van der Waals surface area contributed by atoms with Crippen molar-refractivity contribution in [2.75, 3.05) is 13.1 Å². The van der Waals surface area contributed by atoms with Crippen molar-refractivity contribution in [1.29, 1.82) is 0 Å². The Labute approximate surface area is 105 Å². The van der Waals surface area contributed by atoms with Crippen LogP contribution in [0.4, 0.5) is 4.79 Å². The van der Waals surface area contributed by atoms with Crippen LogP contribution < -0.4 is 5.32 Å². The van der Waals surface area contributed by atoms with E-state index in [1.54, 1.807) is 0 Å². The van der Waals surface area contributed by atoms with Crippen molar-refractivity contribution in [3.8, 4) is 0 Å². The molecule has 1 fully saturated rings. The lowest BCUT2D eigenvalue weighted by atomic mass is 9.85. The molecular weight excluding hydrogens is 212 g/mol. The SMILES string of the molecule is CC.CCNC(=O)N1CCC2C(C)=CCCC21. The second-order valence-corrected chi connectivity index (χ2v) is 4.52. The summed E-state index contributed by atoms with van der Waals surface area (Å²) >= 11 is 0. The summed E-state index contributed by atoms with van der Waals surface area (Å²) in [6.07, 6.45) is 5.74. The number of amides is 2. The number of carbonyl (C=O) groups is 1. The lowest BCUT2D eigenvalue weighted by molar-refractivity contribution is 0.184. The minimum Gasteiger partial charge on any atom is -0.338 e. The Hall–Kier alpha value is -0.990. The molecule has 0 aromatic heterocycles. The van der Waals surface area contributed by atoms with Crippen LogP contribution in [0.3, 0.4) is 0 Å². The van der Waals surface area contributed by atoms with Crippen LogP contribution in [0.1, 0.15) is 47.0 Å². The van der Waals surface area contributed by atoms with Crippen LogP contribution in [-0.2, 0) is 0 Å². The first-order chi connectivity index (χ1) is 8.24. The van der Waals surface area contributed by atoms with Gasteiger partial charge in [-0.25, -0.2) is 4.79 Å². The fourth-order valence-corrected chi connectivity index (χ4v) is 2.88. The fourth-order valence-electron chi connectivity index (χ4n) is 2.88. The second kappa shape index (κ2) is 6.67. The average Bonchev–Trinajstić information content (AvgIpc) is 2.77. The van der Waals surface area contributed by atoms with Crippen LogP contribution in [0, 0.1) is 5.92 Å². The third kappa shape index (κ3) is 3.02. The van der Waals surface area contributed by atoms with Crippen molar-refractivity contribution in [2.45, 2.75) is 53.0 Å². The fraction of sp³-hybridized carbons (Fsp3) is 0.786. The molecule has 0 spiro atoms. The number of likely N-dealkylation sites (tertiary alicyclic amines) is 1. The lowest BCUT2D eigenvalue weighted by Crippen LogP contribution is -2.44. The van der Waals surface area contributed by atoms with E-state index in [1.165, 1.54) is 5.57 Å². The van der Waals surface area contributed by atoms with Crippen molar-refractivity contribution in [3.63, 3.8) is 0 Å². The van der Waals surface area contributed by atoms with Gasteiger partial charge in [0.1, 0.15) is 0 Å². The highest BCUT2D eigenvalue weighted by Gasteiger charge is 2.38. The molecular formula is C14H26N2O. The van der Waals surface area contributed by atoms with Crippen molar-refractivity contribution < 1.29 is 4.79 Å². The van der Waals surface area contributed by atoms with Gasteiger partial charge in [-0.05, 0) is 33.1 Å². The van der Waals surface area contributed by atoms with Crippen molar-refractivity contribution in [2.24, 2.45) is 5.92 Å². The van der Waals surface area contributed by atoms with Crippen LogP contribution >= 0.6 is 0 Å². The summed E-state index contributed by atoms with van der Waals surface area (Å²) in [7, 11) is 0. The van der Waals surface area contributed by atoms with Crippen molar-refractivity contribution in [3.05, 3.63) is 11.6 Å². The van der Waals surface area contributed by atoms with E-state index >= 15 is 0 Å². The van der Waals surface area contributed by atoms with Crippen LogP contribution in [0.2, 0.25) is 0 Å². The van der Waals surface area contributed by atoms with Crippen LogP contribution in [0.5, 0.6) is 0 Å². The Kier molecular flexibility index (Phi) is 5.52. The highest BCUT2D eigenvalue weighted by Crippen LogP contribution is 2.36. The number of hydrogen-bond acceptors (Lipinski definition) is 1. The summed E-state index contributed by atoms with van der Waals surface area (Å²) in [6, 6.07) is 0.584. The van der Waals surface area contributed by atoms with Crippen molar-refractivity contribution in [1.82, 2.24) is 10.2 Å². The van der Waals surface area contributed by atoms with Crippen molar-refractivity contribution >= 4 is 6.03 Å². The van der Waals surface area contributed by atoms with Gasteiger partial charge in [-0.2, -0.15) is 0 Å². The molecule has 0 radical (unpaired) electrons. The molecule has 0 saturated carbocycles. The smallest absolute Gasteiger partial charge is 0.317 e. The Morgan fingerprint density at radius 3 is 2.82 bits per heavy atom. The van der Waals surface area contributed by atoms with Gasteiger partial charge in [0, 0.05) is 25.0 Å². The lowest BCUT2D eigenvalue weighted by Gasteiger charge is -2.31. The summed E-state index contributed by atoms with van der Waals surface area (Å²) in [5.41, 5.74) is 1.48. The third-order valence-corrected chi connectivity index (χ3v) is 3.65. The second-order valence-electron chi connectivity index (χ2n) is 4.52. The number of carbonyl (C=O) groups excluding carboxylic acids is 1. The summed E-state index contributed by atoms with van der Waals surface area (Å²) in [4.78, 5) is 13.8. The Balaban J connectivity index is 0.000000686. The average molecular weight is 238 g/mol. The molecule has 0 bridgehead atoms. The maximum atomic E-state index is 11.8. The summed E-state index contributed by atoms with van der Waals surface area (Å²) in [6.45, 7) is 9.82. The highest BCUT2D eigenvalue weighted by atomic mass is 16.2. The molecule has 1 heterocycles. The molecule has 98 valence electrons. The molecule has 1 N–H and O–H groups in total. The van der Waals surface area contributed by atoms with E-state index in [9.17, 15) is 4.79 Å².